The molecule has 9 heteroatoms. The minimum atomic E-state index is -2.58. The summed E-state index contributed by atoms with van der Waals surface area (Å²) in [5, 5.41) is 3.30. The Balaban J connectivity index is 2.02. The summed E-state index contributed by atoms with van der Waals surface area (Å²) in [6.45, 7) is 2.56. The van der Waals surface area contributed by atoms with Gasteiger partial charge in [-0.2, -0.15) is 0 Å². The molecule has 1 aliphatic heterocycles. The van der Waals surface area contributed by atoms with Gasteiger partial charge in [0.1, 0.15) is 12.4 Å². The van der Waals surface area contributed by atoms with Gasteiger partial charge in [0.15, 0.2) is 16.9 Å². The van der Waals surface area contributed by atoms with Gasteiger partial charge in [-0.25, -0.2) is 8.78 Å². The maximum atomic E-state index is 12.7. The summed E-state index contributed by atoms with van der Waals surface area (Å²) >= 11 is 0. The van der Waals surface area contributed by atoms with Gasteiger partial charge >= 0.3 is 0 Å². The molecule has 0 radical (unpaired) electrons. The smallest absolute Gasteiger partial charge is 0.272 e. The molecule has 1 unspecified atom stereocenters. The molecule has 0 fully saturated rings. The topological polar surface area (TPSA) is 71.0 Å². The first kappa shape index (κ1) is 23.0. The van der Waals surface area contributed by atoms with E-state index in [9.17, 15) is 13.6 Å². The highest BCUT2D eigenvalue weighted by atomic mass is 19.3. The Morgan fingerprint density at radius 2 is 1.97 bits per heavy atom. The van der Waals surface area contributed by atoms with Crippen LogP contribution in [0.4, 0.5) is 14.6 Å². The number of pyridine rings is 1. The molecule has 0 aliphatic carbocycles. The Hall–Kier alpha value is -2.65. The zero-order chi connectivity index (χ0) is 22.5. The summed E-state index contributed by atoms with van der Waals surface area (Å²) in [7, 11) is 4.70. The first-order valence-electron chi connectivity index (χ1n) is 10.0. The zero-order valence-electron chi connectivity index (χ0n) is 18.2. The van der Waals surface area contributed by atoms with E-state index in [2.05, 4.69) is 9.88 Å². The summed E-state index contributed by atoms with van der Waals surface area (Å²) in [4.78, 5) is 12.7. The Labute approximate surface area is 179 Å². The van der Waals surface area contributed by atoms with E-state index in [1.807, 2.05) is 0 Å². The van der Waals surface area contributed by atoms with E-state index in [-0.39, 0.29) is 17.3 Å². The number of aromatic nitrogens is 1. The number of anilines is 1. The predicted molar refractivity (Wildman–Crippen MR) is 114 cm³/mol. The van der Waals surface area contributed by atoms with Gasteiger partial charge in [-0.3, -0.25) is 4.79 Å². The van der Waals surface area contributed by atoms with Crippen LogP contribution in [0.5, 0.6) is 11.5 Å². The average Bonchev–Trinajstić information content (AvgIpc) is 2.76. The molecular weight excluding hydrogens is 410 g/mol. The van der Waals surface area contributed by atoms with Crippen LogP contribution in [0.3, 0.4) is 0 Å². The molecule has 1 aliphatic rings. The van der Waals surface area contributed by atoms with Crippen molar-refractivity contribution >= 4 is 5.82 Å². The highest BCUT2D eigenvalue weighted by Crippen LogP contribution is 2.42. The molecule has 1 atom stereocenters. The zero-order valence-corrected chi connectivity index (χ0v) is 18.2. The van der Waals surface area contributed by atoms with Crippen molar-refractivity contribution in [1.29, 1.82) is 0 Å². The summed E-state index contributed by atoms with van der Waals surface area (Å²) in [6.07, 6.45) is -2.15. The van der Waals surface area contributed by atoms with Crippen molar-refractivity contribution in [3.05, 3.63) is 39.5 Å². The summed E-state index contributed by atoms with van der Waals surface area (Å²) in [5.74, 6) is 1.38. The summed E-state index contributed by atoms with van der Waals surface area (Å²) < 4.78 is 48.6. The average molecular weight is 438 g/mol. The minimum absolute atomic E-state index is 0.0979. The van der Waals surface area contributed by atoms with Crippen LogP contribution in [0.2, 0.25) is 0 Å². The number of rotatable bonds is 10. The molecule has 1 aromatic heterocycles. The number of ether oxygens (including phenoxy) is 4. The second kappa shape index (κ2) is 10.1. The van der Waals surface area contributed by atoms with Crippen LogP contribution in [0.25, 0.3) is 11.3 Å². The predicted octanol–water partition coefficient (Wildman–Crippen LogP) is 3.11. The summed E-state index contributed by atoms with van der Waals surface area (Å²) in [5.41, 5.74) is 2.94. The van der Waals surface area contributed by atoms with Gasteiger partial charge in [-0.1, -0.05) is 0 Å². The molecular formula is C22H28F2N2O5. The van der Waals surface area contributed by atoms with Gasteiger partial charge in [-0.15, -0.1) is 0 Å². The number of methoxy groups -OCH3 is 3. The monoisotopic (exact) mass is 438 g/mol. The minimum Gasteiger partial charge on any atom is -0.493 e. The fourth-order valence-corrected chi connectivity index (χ4v) is 3.88. The van der Waals surface area contributed by atoms with Gasteiger partial charge in [0.05, 0.1) is 25.5 Å². The number of fused-ring (bicyclic) bond motifs is 3. The SMILES string of the molecule is COCC(CNc1cc(=O)c(C)c2n1CCc1c-2ccc(OCC(F)F)c1OC)OC. The number of benzene rings is 1. The Morgan fingerprint density at radius 1 is 1.19 bits per heavy atom. The number of nitrogens with zero attached hydrogens (tertiary/aromatic N) is 1. The molecule has 0 saturated carbocycles. The van der Waals surface area contributed by atoms with Crippen molar-refractivity contribution in [2.45, 2.75) is 32.4 Å². The van der Waals surface area contributed by atoms with E-state index in [4.69, 9.17) is 18.9 Å². The van der Waals surface area contributed by atoms with Crippen molar-refractivity contribution < 1.29 is 27.7 Å². The van der Waals surface area contributed by atoms with Crippen molar-refractivity contribution in [2.24, 2.45) is 0 Å². The lowest BCUT2D eigenvalue weighted by Crippen LogP contribution is -2.30. The molecule has 0 amide bonds. The fourth-order valence-electron chi connectivity index (χ4n) is 3.88. The molecule has 3 rings (SSSR count). The van der Waals surface area contributed by atoms with Crippen molar-refractivity contribution in [3.63, 3.8) is 0 Å². The number of hydrogen-bond acceptors (Lipinski definition) is 6. The fraction of sp³-hybridized carbons (Fsp3) is 0.500. The van der Waals surface area contributed by atoms with Crippen LogP contribution >= 0.6 is 0 Å². The van der Waals surface area contributed by atoms with Crippen molar-refractivity contribution in [3.8, 4) is 22.8 Å². The number of nitrogens with one attached hydrogen (secondary N) is 1. The Morgan fingerprint density at radius 3 is 2.61 bits per heavy atom. The normalized spacial score (nSPS) is 13.5. The molecule has 170 valence electrons. The van der Waals surface area contributed by atoms with Crippen LogP contribution in [0, 0.1) is 6.92 Å². The standard InChI is InChI=1S/C22H28F2N2O5/c1-13-17(27)9-20(25-10-14(29-3)11-28-2)26-8-7-16-15(21(13)26)5-6-18(22(16)30-4)31-12-19(23)24/h5-6,9,14,19,25H,7-8,10-12H2,1-4H3. The molecule has 7 nitrogen and oxygen atoms in total. The maximum absolute atomic E-state index is 12.7. The molecule has 0 bridgehead atoms. The summed E-state index contributed by atoms with van der Waals surface area (Å²) in [6, 6.07) is 4.99. The van der Waals surface area contributed by atoms with E-state index in [1.165, 1.54) is 7.11 Å². The first-order chi connectivity index (χ1) is 14.9. The molecule has 31 heavy (non-hydrogen) atoms. The van der Waals surface area contributed by atoms with Gasteiger partial charge in [0.2, 0.25) is 0 Å². The van der Waals surface area contributed by atoms with Crippen LogP contribution in [-0.2, 0) is 22.4 Å². The lowest BCUT2D eigenvalue weighted by atomic mass is 9.93. The third kappa shape index (κ3) is 4.83. The largest absolute Gasteiger partial charge is 0.493 e. The number of halogens is 2. The van der Waals surface area contributed by atoms with E-state index in [0.717, 1.165) is 16.8 Å². The van der Waals surface area contributed by atoms with Crippen LogP contribution < -0.4 is 20.2 Å². The molecule has 2 aromatic rings. The van der Waals surface area contributed by atoms with Crippen LogP contribution in [0.15, 0.2) is 23.0 Å². The van der Waals surface area contributed by atoms with Gasteiger partial charge in [0.25, 0.3) is 6.43 Å². The molecule has 1 aromatic carbocycles. The second-order valence-electron chi connectivity index (χ2n) is 7.29. The highest BCUT2D eigenvalue weighted by Gasteiger charge is 2.26. The van der Waals surface area contributed by atoms with Crippen LogP contribution in [0.1, 0.15) is 11.1 Å². The van der Waals surface area contributed by atoms with E-state index < -0.39 is 13.0 Å². The lowest BCUT2D eigenvalue weighted by molar-refractivity contribution is 0.0365. The molecule has 1 N–H and O–H groups in total. The lowest BCUT2D eigenvalue weighted by Gasteiger charge is -2.29. The first-order valence-corrected chi connectivity index (χ1v) is 10.0. The third-order valence-electron chi connectivity index (χ3n) is 5.38. The van der Waals surface area contributed by atoms with Crippen molar-refractivity contribution in [2.75, 3.05) is 46.4 Å². The number of hydrogen-bond donors (Lipinski definition) is 1. The molecule has 0 spiro atoms. The van der Waals surface area contributed by atoms with Gasteiger partial charge in [0, 0.05) is 50.1 Å². The van der Waals surface area contributed by atoms with E-state index in [0.29, 0.717) is 43.2 Å². The van der Waals surface area contributed by atoms with E-state index >= 15 is 0 Å². The Kier molecular flexibility index (Phi) is 7.50. The Bertz CT molecular complexity index is 977. The van der Waals surface area contributed by atoms with E-state index in [1.54, 1.807) is 39.3 Å². The second-order valence-corrected chi connectivity index (χ2v) is 7.29. The van der Waals surface area contributed by atoms with Gasteiger partial charge in [-0.05, 0) is 25.5 Å². The quantitative estimate of drug-likeness (QED) is 0.615. The molecule has 2 heterocycles. The van der Waals surface area contributed by atoms with Crippen molar-refractivity contribution in [1.82, 2.24) is 4.57 Å². The van der Waals surface area contributed by atoms with Crippen LogP contribution in [-0.4, -0.2) is 58.2 Å². The van der Waals surface area contributed by atoms with Gasteiger partial charge < -0.3 is 28.8 Å². The molecule has 0 saturated heterocycles. The number of alkyl halides is 2. The third-order valence-corrected chi connectivity index (χ3v) is 5.38. The highest BCUT2D eigenvalue weighted by molar-refractivity contribution is 5.75. The maximum Gasteiger partial charge on any atom is 0.272 e.